The van der Waals surface area contributed by atoms with Gasteiger partial charge in [-0.1, -0.05) is 30.3 Å². The largest absolute Gasteiger partial charge is 0.296 e. The minimum absolute atomic E-state index is 0.529. The van der Waals surface area contributed by atoms with Crippen molar-refractivity contribution in [1.29, 1.82) is 0 Å². The lowest BCUT2D eigenvalue weighted by molar-refractivity contribution is 0.111. The van der Waals surface area contributed by atoms with Crippen molar-refractivity contribution in [3.63, 3.8) is 0 Å². The van der Waals surface area contributed by atoms with Crippen LogP contribution in [0.1, 0.15) is 21.1 Å². The highest BCUT2D eigenvalue weighted by Crippen LogP contribution is 2.13. The maximum Gasteiger partial charge on any atom is 0.169 e. The van der Waals surface area contributed by atoms with Crippen molar-refractivity contribution in [2.24, 2.45) is 0 Å². The predicted octanol–water partition coefficient (Wildman–Crippen LogP) is 2.55. The number of benzene rings is 1. The van der Waals surface area contributed by atoms with E-state index in [4.69, 9.17) is 0 Å². The van der Waals surface area contributed by atoms with E-state index in [2.05, 4.69) is 17.1 Å². The van der Waals surface area contributed by atoms with Gasteiger partial charge >= 0.3 is 0 Å². The van der Waals surface area contributed by atoms with Gasteiger partial charge in [-0.25, -0.2) is 4.98 Å². The fourth-order valence-corrected chi connectivity index (χ4v) is 2.00. The molecule has 0 aliphatic carbocycles. The summed E-state index contributed by atoms with van der Waals surface area (Å²) in [6.45, 7) is 0. The smallest absolute Gasteiger partial charge is 0.169 e. The van der Waals surface area contributed by atoms with E-state index in [1.54, 1.807) is 5.38 Å². The number of thiazole rings is 1. The molecule has 0 saturated carbocycles. The van der Waals surface area contributed by atoms with E-state index < -0.39 is 0 Å². The molecule has 0 N–H and O–H groups in total. The number of hydrogen-bond acceptors (Lipinski definition) is 3. The minimum Gasteiger partial charge on any atom is -0.296 e. The van der Waals surface area contributed by atoms with Crippen LogP contribution in [0.4, 0.5) is 0 Å². The SMILES string of the molecule is O=Cc1csc(Cc2ccccc2)n1. The van der Waals surface area contributed by atoms with Gasteiger partial charge in [-0.3, -0.25) is 4.79 Å². The molecule has 2 rings (SSSR count). The van der Waals surface area contributed by atoms with Crippen molar-refractivity contribution in [1.82, 2.24) is 4.98 Å². The highest BCUT2D eigenvalue weighted by Gasteiger charge is 2.01. The lowest BCUT2D eigenvalue weighted by Crippen LogP contribution is -1.87. The van der Waals surface area contributed by atoms with Crippen LogP contribution in [0.2, 0.25) is 0 Å². The van der Waals surface area contributed by atoms with Crippen molar-refractivity contribution in [2.45, 2.75) is 6.42 Å². The molecule has 0 amide bonds. The van der Waals surface area contributed by atoms with E-state index in [0.29, 0.717) is 5.69 Å². The predicted molar refractivity (Wildman–Crippen MR) is 56.7 cm³/mol. The van der Waals surface area contributed by atoms with Crippen LogP contribution < -0.4 is 0 Å². The third-order valence-corrected chi connectivity index (χ3v) is 2.76. The molecule has 1 aromatic heterocycles. The quantitative estimate of drug-likeness (QED) is 0.717. The third kappa shape index (κ3) is 2.06. The lowest BCUT2D eigenvalue weighted by atomic mass is 10.2. The second-order valence-corrected chi connectivity index (χ2v) is 3.89. The number of rotatable bonds is 3. The first kappa shape index (κ1) is 9.09. The molecule has 70 valence electrons. The number of aldehydes is 1. The van der Waals surface area contributed by atoms with Gasteiger partial charge in [0.05, 0.1) is 5.01 Å². The standard InChI is InChI=1S/C11H9NOS/c13-7-10-8-14-11(12-10)6-9-4-2-1-3-5-9/h1-5,7-8H,6H2. The monoisotopic (exact) mass is 203 g/mol. The summed E-state index contributed by atoms with van der Waals surface area (Å²) in [4.78, 5) is 14.6. The second kappa shape index (κ2) is 4.15. The molecular weight excluding hydrogens is 194 g/mol. The average Bonchev–Trinajstić information content (AvgIpc) is 2.67. The summed E-state index contributed by atoms with van der Waals surface area (Å²) >= 11 is 1.53. The van der Waals surface area contributed by atoms with Gasteiger partial charge < -0.3 is 0 Å². The van der Waals surface area contributed by atoms with Crippen molar-refractivity contribution in [3.05, 3.63) is 52.0 Å². The zero-order valence-electron chi connectivity index (χ0n) is 7.51. The van der Waals surface area contributed by atoms with Gasteiger partial charge in [-0.05, 0) is 5.56 Å². The molecule has 1 aromatic carbocycles. The fraction of sp³-hybridized carbons (Fsp3) is 0.0909. The van der Waals surface area contributed by atoms with E-state index in [1.165, 1.54) is 16.9 Å². The van der Waals surface area contributed by atoms with E-state index in [1.807, 2.05) is 18.2 Å². The van der Waals surface area contributed by atoms with Gasteiger partial charge in [0.15, 0.2) is 6.29 Å². The van der Waals surface area contributed by atoms with Gasteiger partial charge in [0.1, 0.15) is 5.69 Å². The van der Waals surface area contributed by atoms with Crippen LogP contribution in [0.25, 0.3) is 0 Å². The summed E-state index contributed by atoms with van der Waals surface area (Å²) in [5, 5.41) is 2.77. The van der Waals surface area contributed by atoms with E-state index in [0.717, 1.165) is 17.7 Å². The molecule has 0 aliphatic rings. The Morgan fingerprint density at radius 2 is 2.07 bits per heavy atom. The summed E-state index contributed by atoms with van der Waals surface area (Å²) in [6, 6.07) is 10.1. The first-order valence-corrected chi connectivity index (χ1v) is 5.20. The van der Waals surface area contributed by atoms with Crippen LogP contribution in [-0.2, 0) is 6.42 Å². The van der Waals surface area contributed by atoms with Crippen molar-refractivity contribution < 1.29 is 4.79 Å². The molecule has 0 radical (unpaired) electrons. The van der Waals surface area contributed by atoms with Crippen LogP contribution in [0.5, 0.6) is 0 Å². The maximum absolute atomic E-state index is 10.4. The molecule has 0 aliphatic heterocycles. The van der Waals surface area contributed by atoms with Crippen molar-refractivity contribution >= 4 is 17.6 Å². The first-order valence-electron chi connectivity index (χ1n) is 4.32. The molecule has 1 heterocycles. The molecule has 14 heavy (non-hydrogen) atoms. The average molecular weight is 203 g/mol. The summed E-state index contributed by atoms with van der Waals surface area (Å²) in [5.41, 5.74) is 1.75. The van der Waals surface area contributed by atoms with Gasteiger partial charge in [0.25, 0.3) is 0 Å². The Hall–Kier alpha value is -1.48. The lowest BCUT2D eigenvalue weighted by Gasteiger charge is -1.95. The zero-order valence-corrected chi connectivity index (χ0v) is 8.33. The molecule has 3 heteroatoms. The van der Waals surface area contributed by atoms with Gasteiger partial charge in [0, 0.05) is 11.8 Å². The second-order valence-electron chi connectivity index (χ2n) is 2.95. The number of hydrogen-bond donors (Lipinski definition) is 0. The van der Waals surface area contributed by atoms with Crippen LogP contribution in [0.3, 0.4) is 0 Å². The normalized spacial score (nSPS) is 10.0. The number of aromatic nitrogens is 1. The van der Waals surface area contributed by atoms with Crippen molar-refractivity contribution in [3.8, 4) is 0 Å². The molecule has 2 nitrogen and oxygen atoms in total. The third-order valence-electron chi connectivity index (χ3n) is 1.89. The molecule has 0 spiro atoms. The molecule has 0 fully saturated rings. The Balaban J connectivity index is 2.15. The summed E-state index contributed by atoms with van der Waals surface area (Å²) in [7, 11) is 0. The Morgan fingerprint density at radius 3 is 2.71 bits per heavy atom. The van der Waals surface area contributed by atoms with E-state index in [-0.39, 0.29) is 0 Å². The Kier molecular flexibility index (Phi) is 2.70. The number of nitrogens with zero attached hydrogens (tertiary/aromatic N) is 1. The number of carbonyl (C=O) groups is 1. The van der Waals surface area contributed by atoms with Crippen LogP contribution in [0, 0.1) is 0 Å². The summed E-state index contributed by atoms with van der Waals surface area (Å²) < 4.78 is 0. The molecule has 0 atom stereocenters. The Morgan fingerprint density at radius 1 is 1.29 bits per heavy atom. The maximum atomic E-state index is 10.4. The fourth-order valence-electron chi connectivity index (χ4n) is 1.23. The van der Waals surface area contributed by atoms with Gasteiger partial charge in [-0.15, -0.1) is 11.3 Å². The Labute approximate surface area is 86.2 Å². The van der Waals surface area contributed by atoms with Crippen LogP contribution >= 0.6 is 11.3 Å². The minimum atomic E-state index is 0.529. The molecule has 2 aromatic rings. The van der Waals surface area contributed by atoms with E-state index in [9.17, 15) is 4.79 Å². The summed E-state index contributed by atoms with van der Waals surface area (Å²) in [5.74, 6) is 0. The Bertz CT molecular complexity index is 422. The molecular formula is C11H9NOS. The van der Waals surface area contributed by atoms with Crippen molar-refractivity contribution in [2.75, 3.05) is 0 Å². The first-order chi connectivity index (χ1) is 6.88. The topological polar surface area (TPSA) is 30.0 Å². The van der Waals surface area contributed by atoms with Gasteiger partial charge in [0.2, 0.25) is 0 Å². The zero-order chi connectivity index (χ0) is 9.80. The summed E-state index contributed by atoms with van der Waals surface area (Å²) in [6.07, 6.45) is 1.59. The van der Waals surface area contributed by atoms with Crippen LogP contribution in [-0.4, -0.2) is 11.3 Å². The highest BCUT2D eigenvalue weighted by atomic mass is 32.1. The van der Waals surface area contributed by atoms with Gasteiger partial charge in [-0.2, -0.15) is 0 Å². The molecule has 0 bridgehead atoms. The van der Waals surface area contributed by atoms with E-state index >= 15 is 0 Å². The molecule has 0 unspecified atom stereocenters. The molecule has 0 saturated heterocycles. The van der Waals surface area contributed by atoms with Crippen LogP contribution in [0.15, 0.2) is 35.7 Å². The number of carbonyl (C=O) groups excluding carboxylic acids is 1. The highest BCUT2D eigenvalue weighted by molar-refractivity contribution is 7.09.